The van der Waals surface area contributed by atoms with E-state index in [0.29, 0.717) is 0 Å². The maximum Gasteiger partial charge on any atom is -0.000794 e. The Balaban J connectivity index is 2.18. The fourth-order valence-electron chi connectivity index (χ4n) is 2.18. The van der Waals surface area contributed by atoms with Crippen molar-refractivity contribution in [1.29, 1.82) is 0 Å². The topological polar surface area (TPSA) is 12.0 Å². The van der Waals surface area contributed by atoms with Crippen LogP contribution in [-0.4, -0.2) is 13.1 Å². The normalized spacial score (nSPS) is 11.9. The maximum absolute atomic E-state index is 3.59. The van der Waals surface area contributed by atoms with Crippen LogP contribution in [0.15, 0.2) is 16.8 Å². The third kappa shape index (κ3) is 4.67. The standard InChI is InChI=1S/C14H25NS/c1-11(2)14(12(3)4)9-15-7-5-13-6-8-16-10-13/h6,8,10-12,14-15H,5,7,9H2,1-4H3. The van der Waals surface area contributed by atoms with Gasteiger partial charge in [0.1, 0.15) is 0 Å². The Labute approximate surface area is 104 Å². The van der Waals surface area contributed by atoms with Gasteiger partial charge in [-0.05, 0) is 59.7 Å². The molecule has 0 atom stereocenters. The highest BCUT2D eigenvalue weighted by molar-refractivity contribution is 7.07. The van der Waals surface area contributed by atoms with Gasteiger partial charge in [-0.2, -0.15) is 11.3 Å². The van der Waals surface area contributed by atoms with E-state index in [1.165, 1.54) is 5.56 Å². The predicted molar refractivity (Wildman–Crippen MR) is 74.1 cm³/mol. The third-order valence-corrected chi connectivity index (χ3v) is 4.00. The first-order valence-electron chi connectivity index (χ1n) is 6.33. The molecule has 0 amide bonds. The van der Waals surface area contributed by atoms with Gasteiger partial charge < -0.3 is 5.32 Å². The molecule has 0 fully saturated rings. The van der Waals surface area contributed by atoms with E-state index in [-0.39, 0.29) is 0 Å². The van der Waals surface area contributed by atoms with Crippen LogP contribution in [0.4, 0.5) is 0 Å². The lowest BCUT2D eigenvalue weighted by Gasteiger charge is -2.25. The Kier molecular flexibility index (Phi) is 6.07. The Bertz CT molecular complexity index is 256. The van der Waals surface area contributed by atoms with Gasteiger partial charge in [0, 0.05) is 0 Å². The zero-order chi connectivity index (χ0) is 12.0. The molecule has 1 N–H and O–H groups in total. The van der Waals surface area contributed by atoms with Crippen LogP contribution in [0.1, 0.15) is 33.3 Å². The molecule has 1 nitrogen and oxygen atoms in total. The molecule has 1 aromatic rings. The maximum atomic E-state index is 3.59. The summed E-state index contributed by atoms with van der Waals surface area (Å²) >= 11 is 1.79. The average Bonchev–Trinajstić information content (AvgIpc) is 2.68. The zero-order valence-corrected chi connectivity index (χ0v) is 11.8. The highest BCUT2D eigenvalue weighted by Crippen LogP contribution is 2.19. The molecular weight excluding hydrogens is 214 g/mol. The summed E-state index contributed by atoms with van der Waals surface area (Å²) < 4.78 is 0. The summed E-state index contributed by atoms with van der Waals surface area (Å²) in [5, 5.41) is 7.98. The van der Waals surface area contributed by atoms with Gasteiger partial charge in [-0.25, -0.2) is 0 Å². The lowest BCUT2D eigenvalue weighted by atomic mass is 9.85. The molecule has 92 valence electrons. The second kappa shape index (κ2) is 7.08. The second-order valence-corrected chi connectivity index (χ2v) is 6.02. The summed E-state index contributed by atoms with van der Waals surface area (Å²) in [5.74, 6) is 2.34. The minimum Gasteiger partial charge on any atom is -0.316 e. The average molecular weight is 239 g/mol. The predicted octanol–water partition coefficient (Wildman–Crippen LogP) is 3.81. The Morgan fingerprint density at radius 3 is 2.38 bits per heavy atom. The lowest BCUT2D eigenvalue weighted by Crippen LogP contribution is -2.31. The van der Waals surface area contributed by atoms with Gasteiger partial charge in [-0.3, -0.25) is 0 Å². The van der Waals surface area contributed by atoms with Gasteiger partial charge >= 0.3 is 0 Å². The van der Waals surface area contributed by atoms with Crippen molar-refractivity contribution >= 4 is 11.3 Å². The molecule has 0 unspecified atom stereocenters. The molecule has 1 heterocycles. The van der Waals surface area contributed by atoms with E-state index in [1.54, 1.807) is 11.3 Å². The summed E-state index contributed by atoms with van der Waals surface area (Å²) in [6, 6.07) is 2.22. The number of hydrogen-bond donors (Lipinski definition) is 1. The number of hydrogen-bond acceptors (Lipinski definition) is 2. The van der Waals surface area contributed by atoms with Crippen LogP contribution < -0.4 is 5.32 Å². The Morgan fingerprint density at radius 1 is 1.19 bits per heavy atom. The smallest absolute Gasteiger partial charge is 0.000794 e. The molecule has 0 aliphatic heterocycles. The van der Waals surface area contributed by atoms with Crippen LogP contribution >= 0.6 is 11.3 Å². The number of thiophene rings is 1. The largest absolute Gasteiger partial charge is 0.316 e. The van der Waals surface area contributed by atoms with Crippen molar-refractivity contribution < 1.29 is 0 Å². The monoisotopic (exact) mass is 239 g/mol. The summed E-state index contributed by atoms with van der Waals surface area (Å²) in [5.41, 5.74) is 1.46. The van der Waals surface area contributed by atoms with Crippen molar-refractivity contribution in [3.8, 4) is 0 Å². The molecule has 0 aromatic carbocycles. The summed E-state index contributed by atoms with van der Waals surface area (Å²) in [6.45, 7) is 11.6. The van der Waals surface area contributed by atoms with Crippen molar-refractivity contribution in [2.24, 2.45) is 17.8 Å². The van der Waals surface area contributed by atoms with Crippen molar-refractivity contribution in [2.45, 2.75) is 34.1 Å². The first-order chi connectivity index (χ1) is 7.61. The van der Waals surface area contributed by atoms with E-state index in [9.17, 15) is 0 Å². The molecule has 1 rings (SSSR count). The number of rotatable bonds is 7. The van der Waals surface area contributed by atoms with Crippen molar-refractivity contribution in [2.75, 3.05) is 13.1 Å². The molecule has 0 saturated carbocycles. The molecule has 0 saturated heterocycles. The molecule has 2 heteroatoms. The van der Waals surface area contributed by atoms with Crippen LogP contribution in [-0.2, 0) is 6.42 Å². The zero-order valence-electron chi connectivity index (χ0n) is 11.0. The molecule has 0 bridgehead atoms. The van der Waals surface area contributed by atoms with Gasteiger partial charge in [0.25, 0.3) is 0 Å². The Morgan fingerprint density at radius 2 is 1.88 bits per heavy atom. The molecule has 0 radical (unpaired) electrons. The van der Waals surface area contributed by atoms with E-state index in [4.69, 9.17) is 0 Å². The van der Waals surface area contributed by atoms with Gasteiger partial charge in [-0.15, -0.1) is 0 Å². The van der Waals surface area contributed by atoms with E-state index in [2.05, 4.69) is 49.8 Å². The molecule has 1 aromatic heterocycles. The van der Waals surface area contributed by atoms with E-state index < -0.39 is 0 Å². The SMILES string of the molecule is CC(C)C(CNCCc1ccsc1)C(C)C. The van der Waals surface area contributed by atoms with Crippen LogP contribution in [0.3, 0.4) is 0 Å². The van der Waals surface area contributed by atoms with E-state index in [1.807, 2.05) is 0 Å². The molecule has 16 heavy (non-hydrogen) atoms. The summed E-state index contributed by atoms with van der Waals surface area (Å²) in [7, 11) is 0. The molecule has 0 aliphatic rings. The quantitative estimate of drug-likeness (QED) is 0.714. The minimum absolute atomic E-state index is 0.772. The van der Waals surface area contributed by atoms with Gasteiger partial charge in [0.2, 0.25) is 0 Å². The van der Waals surface area contributed by atoms with Crippen LogP contribution in [0.5, 0.6) is 0 Å². The number of nitrogens with one attached hydrogen (secondary N) is 1. The highest BCUT2D eigenvalue weighted by atomic mass is 32.1. The van der Waals surface area contributed by atoms with E-state index >= 15 is 0 Å². The molecule has 0 aliphatic carbocycles. The third-order valence-electron chi connectivity index (χ3n) is 3.26. The van der Waals surface area contributed by atoms with Gasteiger partial charge in [-0.1, -0.05) is 27.7 Å². The summed E-state index contributed by atoms with van der Waals surface area (Å²) in [4.78, 5) is 0. The molecular formula is C14H25NS. The van der Waals surface area contributed by atoms with Crippen molar-refractivity contribution in [3.05, 3.63) is 22.4 Å². The van der Waals surface area contributed by atoms with Gasteiger partial charge in [0.05, 0.1) is 0 Å². The first kappa shape index (κ1) is 13.7. The van der Waals surface area contributed by atoms with Crippen LogP contribution in [0.2, 0.25) is 0 Å². The van der Waals surface area contributed by atoms with Crippen molar-refractivity contribution in [3.63, 3.8) is 0 Å². The first-order valence-corrected chi connectivity index (χ1v) is 7.27. The Hall–Kier alpha value is -0.340. The highest BCUT2D eigenvalue weighted by Gasteiger charge is 2.16. The van der Waals surface area contributed by atoms with Gasteiger partial charge in [0.15, 0.2) is 0 Å². The fraction of sp³-hybridized carbons (Fsp3) is 0.714. The molecule has 0 spiro atoms. The lowest BCUT2D eigenvalue weighted by molar-refractivity contribution is 0.277. The van der Waals surface area contributed by atoms with Crippen molar-refractivity contribution in [1.82, 2.24) is 5.32 Å². The van der Waals surface area contributed by atoms with Crippen LogP contribution in [0, 0.1) is 17.8 Å². The van der Waals surface area contributed by atoms with Crippen LogP contribution in [0.25, 0.3) is 0 Å². The minimum atomic E-state index is 0.772. The van der Waals surface area contributed by atoms with E-state index in [0.717, 1.165) is 37.3 Å². The fourth-order valence-corrected chi connectivity index (χ4v) is 2.88. The second-order valence-electron chi connectivity index (χ2n) is 5.24. The summed E-state index contributed by atoms with van der Waals surface area (Å²) in [6.07, 6.45) is 1.16.